The first-order valence-electron chi connectivity index (χ1n) is 6.06. The molecule has 3 nitrogen and oxygen atoms in total. The van der Waals surface area contributed by atoms with Crippen molar-refractivity contribution >= 4 is 6.03 Å². The van der Waals surface area contributed by atoms with Crippen molar-refractivity contribution in [2.45, 2.75) is 32.4 Å². The zero-order valence-electron chi connectivity index (χ0n) is 10.2. The van der Waals surface area contributed by atoms with Gasteiger partial charge < -0.3 is 10.2 Å². The molecule has 0 radical (unpaired) electrons. The first kappa shape index (κ1) is 12.8. The fraction of sp³-hybridized carbons (Fsp3) is 0.462. The van der Waals surface area contributed by atoms with E-state index in [1.54, 1.807) is 4.90 Å². The molecule has 1 fully saturated rings. The standard InChI is InChI=1S/C13H16F2N2O/c1-9-3-2-6-17(9)13(18)16-8-10-4-5-11(14)12(15)7-10/h4-5,7,9H,2-3,6,8H2,1H3,(H,16,18)/t9-/m1/s1. The summed E-state index contributed by atoms with van der Waals surface area (Å²) in [4.78, 5) is 13.6. The van der Waals surface area contributed by atoms with Gasteiger partial charge in [-0.05, 0) is 37.5 Å². The molecule has 1 heterocycles. The highest BCUT2D eigenvalue weighted by atomic mass is 19.2. The number of nitrogens with one attached hydrogen (secondary N) is 1. The lowest BCUT2D eigenvalue weighted by Gasteiger charge is -2.21. The molecule has 2 rings (SSSR count). The van der Waals surface area contributed by atoms with Crippen molar-refractivity contribution in [2.24, 2.45) is 0 Å². The molecule has 1 aromatic rings. The van der Waals surface area contributed by atoms with Gasteiger partial charge in [-0.1, -0.05) is 6.07 Å². The molecule has 2 amide bonds. The summed E-state index contributed by atoms with van der Waals surface area (Å²) in [6.45, 7) is 2.97. The molecule has 1 N–H and O–H groups in total. The topological polar surface area (TPSA) is 32.3 Å². The number of rotatable bonds is 2. The van der Waals surface area contributed by atoms with E-state index in [0.717, 1.165) is 31.5 Å². The van der Waals surface area contributed by atoms with Crippen molar-refractivity contribution in [1.82, 2.24) is 10.2 Å². The predicted octanol–water partition coefficient (Wildman–Crippen LogP) is 2.66. The fourth-order valence-corrected chi connectivity index (χ4v) is 2.16. The number of hydrogen-bond donors (Lipinski definition) is 1. The number of carbonyl (C=O) groups is 1. The van der Waals surface area contributed by atoms with Crippen LogP contribution in [0.25, 0.3) is 0 Å². The lowest BCUT2D eigenvalue weighted by molar-refractivity contribution is 0.195. The Balaban J connectivity index is 1.91. The van der Waals surface area contributed by atoms with E-state index in [-0.39, 0.29) is 18.6 Å². The molecule has 1 aliphatic rings. The van der Waals surface area contributed by atoms with Gasteiger partial charge in [-0.3, -0.25) is 0 Å². The van der Waals surface area contributed by atoms with Crippen molar-refractivity contribution in [3.05, 3.63) is 35.4 Å². The van der Waals surface area contributed by atoms with Crippen LogP contribution in [-0.2, 0) is 6.54 Å². The molecule has 0 saturated carbocycles. The number of likely N-dealkylation sites (tertiary alicyclic amines) is 1. The summed E-state index contributed by atoms with van der Waals surface area (Å²) in [6, 6.07) is 3.73. The number of nitrogens with zero attached hydrogens (tertiary/aromatic N) is 1. The van der Waals surface area contributed by atoms with Crippen molar-refractivity contribution in [2.75, 3.05) is 6.54 Å². The Kier molecular flexibility index (Phi) is 3.79. The summed E-state index contributed by atoms with van der Waals surface area (Å²) in [6.07, 6.45) is 2.03. The Bertz CT molecular complexity index is 451. The maximum atomic E-state index is 13.0. The van der Waals surface area contributed by atoms with E-state index in [1.165, 1.54) is 6.07 Å². The SMILES string of the molecule is C[C@@H]1CCCN1C(=O)NCc1ccc(F)c(F)c1. The van der Waals surface area contributed by atoms with Gasteiger partial charge in [0.15, 0.2) is 11.6 Å². The number of carbonyl (C=O) groups excluding carboxylic acids is 1. The van der Waals surface area contributed by atoms with Crippen molar-refractivity contribution in [3.63, 3.8) is 0 Å². The van der Waals surface area contributed by atoms with E-state index in [4.69, 9.17) is 0 Å². The van der Waals surface area contributed by atoms with E-state index < -0.39 is 11.6 Å². The van der Waals surface area contributed by atoms with Gasteiger partial charge in [0.1, 0.15) is 0 Å². The third-order valence-electron chi connectivity index (χ3n) is 3.24. The fourth-order valence-electron chi connectivity index (χ4n) is 2.16. The van der Waals surface area contributed by atoms with E-state index in [1.807, 2.05) is 6.92 Å². The maximum Gasteiger partial charge on any atom is 0.317 e. The Labute approximate surface area is 105 Å². The Morgan fingerprint density at radius 2 is 2.22 bits per heavy atom. The highest BCUT2D eigenvalue weighted by Gasteiger charge is 2.24. The van der Waals surface area contributed by atoms with Crippen LogP contribution in [0.2, 0.25) is 0 Å². The normalized spacial score (nSPS) is 19.1. The minimum Gasteiger partial charge on any atom is -0.334 e. The van der Waals surface area contributed by atoms with Crippen LogP contribution in [0.3, 0.4) is 0 Å². The van der Waals surface area contributed by atoms with Gasteiger partial charge in [0, 0.05) is 19.1 Å². The quantitative estimate of drug-likeness (QED) is 0.864. The van der Waals surface area contributed by atoms with Gasteiger partial charge in [0.05, 0.1) is 0 Å². The van der Waals surface area contributed by atoms with Crippen LogP contribution >= 0.6 is 0 Å². The third-order valence-corrected chi connectivity index (χ3v) is 3.24. The predicted molar refractivity (Wildman–Crippen MR) is 64.0 cm³/mol. The second kappa shape index (κ2) is 5.33. The lowest BCUT2D eigenvalue weighted by Crippen LogP contribution is -2.41. The summed E-state index contributed by atoms with van der Waals surface area (Å²) in [5.74, 6) is -1.77. The molecular weight excluding hydrogens is 238 g/mol. The average molecular weight is 254 g/mol. The molecule has 1 saturated heterocycles. The number of halogens is 2. The second-order valence-corrected chi connectivity index (χ2v) is 4.59. The summed E-state index contributed by atoms with van der Waals surface area (Å²) in [7, 11) is 0. The summed E-state index contributed by atoms with van der Waals surface area (Å²) < 4.78 is 25.7. The Morgan fingerprint density at radius 3 is 2.83 bits per heavy atom. The molecule has 0 aromatic heterocycles. The molecule has 0 aliphatic carbocycles. The van der Waals surface area contributed by atoms with Gasteiger partial charge in [-0.25, -0.2) is 13.6 Å². The summed E-state index contributed by atoms with van der Waals surface area (Å²) >= 11 is 0. The zero-order valence-corrected chi connectivity index (χ0v) is 10.2. The molecule has 0 bridgehead atoms. The minimum absolute atomic E-state index is 0.148. The molecule has 18 heavy (non-hydrogen) atoms. The first-order valence-corrected chi connectivity index (χ1v) is 6.06. The smallest absolute Gasteiger partial charge is 0.317 e. The molecular formula is C13H16F2N2O. The Morgan fingerprint density at radius 1 is 1.44 bits per heavy atom. The zero-order chi connectivity index (χ0) is 13.1. The average Bonchev–Trinajstić information content (AvgIpc) is 2.77. The number of hydrogen-bond acceptors (Lipinski definition) is 1. The van der Waals surface area contributed by atoms with Gasteiger partial charge in [-0.2, -0.15) is 0 Å². The highest BCUT2D eigenvalue weighted by molar-refractivity contribution is 5.74. The van der Waals surface area contributed by atoms with Crippen molar-refractivity contribution < 1.29 is 13.6 Å². The largest absolute Gasteiger partial charge is 0.334 e. The van der Waals surface area contributed by atoms with E-state index in [2.05, 4.69) is 5.32 Å². The van der Waals surface area contributed by atoms with Crippen molar-refractivity contribution in [1.29, 1.82) is 0 Å². The van der Waals surface area contributed by atoms with Crippen LogP contribution in [-0.4, -0.2) is 23.5 Å². The third kappa shape index (κ3) is 2.78. The number of amides is 2. The summed E-state index contributed by atoms with van der Waals surface area (Å²) in [5.41, 5.74) is 0.550. The first-order chi connectivity index (χ1) is 8.58. The molecule has 1 aliphatic heterocycles. The van der Waals surface area contributed by atoms with Gasteiger partial charge >= 0.3 is 6.03 Å². The molecule has 0 spiro atoms. The summed E-state index contributed by atoms with van der Waals surface area (Å²) in [5, 5.41) is 2.72. The molecule has 0 unspecified atom stereocenters. The van der Waals surface area contributed by atoms with Crippen LogP contribution in [0, 0.1) is 11.6 Å². The van der Waals surface area contributed by atoms with E-state index in [9.17, 15) is 13.6 Å². The second-order valence-electron chi connectivity index (χ2n) is 4.59. The van der Waals surface area contributed by atoms with Crippen LogP contribution in [0.4, 0.5) is 13.6 Å². The van der Waals surface area contributed by atoms with Crippen molar-refractivity contribution in [3.8, 4) is 0 Å². The minimum atomic E-state index is -0.892. The lowest BCUT2D eigenvalue weighted by atomic mass is 10.2. The Hall–Kier alpha value is -1.65. The van der Waals surface area contributed by atoms with Crippen LogP contribution in [0.1, 0.15) is 25.3 Å². The van der Waals surface area contributed by atoms with Gasteiger partial charge in [0.25, 0.3) is 0 Å². The molecule has 1 atom stereocenters. The van der Waals surface area contributed by atoms with Crippen LogP contribution in [0.15, 0.2) is 18.2 Å². The monoisotopic (exact) mass is 254 g/mol. The van der Waals surface area contributed by atoms with E-state index in [0.29, 0.717) is 5.56 Å². The van der Waals surface area contributed by atoms with Gasteiger partial charge in [-0.15, -0.1) is 0 Å². The van der Waals surface area contributed by atoms with E-state index >= 15 is 0 Å². The number of benzene rings is 1. The van der Waals surface area contributed by atoms with Crippen LogP contribution < -0.4 is 5.32 Å². The maximum absolute atomic E-state index is 13.0. The highest BCUT2D eigenvalue weighted by Crippen LogP contribution is 2.16. The number of urea groups is 1. The molecule has 1 aromatic carbocycles. The van der Waals surface area contributed by atoms with Gasteiger partial charge in [0.2, 0.25) is 0 Å². The molecule has 98 valence electrons. The van der Waals surface area contributed by atoms with Crippen LogP contribution in [0.5, 0.6) is 0 Å². The molecule has 5 heteroatoms.